The van der Waals surface area contributed by atoms with Gasteiger partial charge in [-0.15, -0.1) is 0 Å². The van der Waals surface area contributed by atoms with Crippen LogP contribution in [0.3, 0.4) is 0 Å². The van der Waals surface area contributed by atoms with E-state index in [1.54, 1.807) is 6.07 Å². The molecule has 0 fully saturated rings. The fourth-order valence-corrected chi connectivity index (χ4v) is 1.70. The van der Waals surface area contributed by atoms with Gasteiger partial charge in [0.25, 0.3) is 0 Å². The van der Waals surface area contributed by atoms with Gasteiger partial charge in [0, 0.05) is 6.54 Å². The molecule has 3 N–H and O–H groups in total. The number of nitrogens with two attached hydrogens (primary N) is 1. The molecule has 5 nitrogen and oxygen atoms in total. The lowest BCUT2D eigenvalue weighted by Crippen LogP contribution is -2.17. The molecule has 0 unspecified atom stereocenters. The molecule has 106 valence electrons. The summed E-state index contributed by atoms with van der Waals surface area (Å²) in [7, 11) is 3.78. The van der Waals surface area contributed by atoms with Gasteiger partial charge < -0.3 is 16.0 Å². The van der Waals surface area contributed by atoms with Crippen molar-refractivity contribution < 1.29 is 8.78 Å². The summed E-state index contributed by atoms with van der Waals surface area (Å²) in [5.41, 5.74) is 3.33. The van der Waals surface area contributed by atoms with Gasteiger partial charge in [-0.25, -0.2) is 8.78 Å². The molecule has 1 aromatic carbocycles. The van der Waals surface area contributed by atoms with Crippen molar-refractivity contribution in [2.75, 3.05) is 38.2 Å². The summed E-state index contributed by atoms with van der Waals surface area (Å²) in [6.45, 7) is 1.11. The smallest absolute Gasteiger partial charge is 0.172 e. The largest absolute Gasteiger partial charge is 0.395 e. The molecule has 0 aliphatic rings. The van der Waals surface area contributed by atoms with Crippen LogP contribution in [0, 0.1) is 34.3 Å². The fraction of sp³-hybridized carbons (Fsp3) is 0.385. The number of nitrogen functional groups attached to an aromatic ring is 1. The maximum Gasteiger partial charge on any atom is 0.172 e. The first-order chi connectivity index (χ1) is 9.43. The number of hydrogen-bond acceptors (Lipinski definition) is 5. The zero-order valence-corrected chi connectivity index (χ0v) is 11.3. The van der Waals surface area contributed by atoms with Crippen LogP contribution in [0.15, 0.2) is 0 Å². The standard InChI is InChI=1S/C13H15F2N5/c1-20(2)5-3-4-19-13-9(7-17)10(14)8(6-16)12(18)11(13)15/h19H,3-5,18H2,1-2H3. The summed E-state index contributed by atoms with van der Waals surface area (Å²) in [5.74, 6) is -2.06. The molecule has 0 amide bonds. The highest BCUT2D eigenvalue weighted by atomic mass is 19.1. The van der Waals surface area contributed by atoms with Crippen molar-refractivity contribution in [2.45, 2.75) is 6.42 Å². The second-order valence-corrected chi connectivity index (χ2v) is 4.47. The molecule has 1 rings (SSSR count). The van der Waals surface area contributed by atoms with Crippen LogP contribution in [0.2, 0.25) is 0 Å². The fourth-order valence-electron chi connectivity index (χ4n) is 1.70. The molecule has 0 heterocycles. The minimum absolute atomic E-state index is 0.291. The van der Waals surface area contributed by atoms with Crippen molar-refractivity contribution in [3.05, 3.63) is 22.8 Å². The summed E-state index contributed by atoms with van der Waals surface area (Å²) < 4.78 is 27.9. The topological polar surface area (TPSA) is 88.9 Å². The number of anilines is 2. The van der Waals surface area contributed by atoms with E-state index in [4.69, 9.17) is 16.3 Å². The van der Waals surface area contributed by atoms with Crippen molar-refractivity contribution in [2.24, 2.45) is 0 Å². The Kier molecular flexibility index (Phi) is 5.24. The monoisotopic (exact) mass is 279 g/mol. The van der Waals surface area contributed by atoms with Gasteiger partial charge in [0.15, 0.2) is 11.6 Å². The minimum Gasteiger partial charge on any atom is -0.395 e. The highest BCUT2D eigenvalue weighted by Crippen LogP contribution is 2.31. The van der Waals surface area contributed by atoms with Crippen LogP contribution in [0.5, 0.6) is 0 Å². The van der Waals surface area contributed by atoms with E-state index in [9.17, 15) is 8.78 Å². The molecule has 0 aromatic heterocycles. The van der Waals surface area contributed by atoms with Gasteiger partial charge in [0.2, 0.25) is 0 Å². The molecule has 1 aromatic rings. The number of benzene rings is 1. The second-order valence-electron chi connectivity index (χ2n) is 4.47. The first-order valence-electron chi connectivity index (χ1n) is 5.93. The Labute approximate surface area is 116 Å². The predicted molar refractivity (Wildman–Crippen MR) is 71.9 cm³/mol. The molecule has 0 radical (unpaired) electrons. The van der Waals surface area contributed by atoms with Gasteiger partial charge in [0.05, 0.1) is 11.4 Å². The number of rotatable bonds is 5. The highest BCUT2D eigenvalue weighted by molar-refractivity contribution is 5.71. The molecule has 7 heteroatoms. The lowest BCUT2D eigenvalue weighted by molar-refractivity contribution is 0.405. The van der Waals surface area contributed by atoms with Crippen LogP contribution >= 0.6 is 0 Å². The average molecular weight is 279 g/mol. The number of hydrogen-bond donors (Lipinski definition) is 2. The molecule has 0 aliphatic heterocycles. The highest BCUT2D eigenvalue weighted by Gasteiger charge is 2.22. The third-order valence-electron chi connectivity index (χ3n) is 2.72. The second kappa shape index (κ2) is 6.69. The molecule has 0 aliphatic carbocycles. The normalized spacial score (nSPS) is 10.2. The zero-order valence-electron chi connectivity index (χ0n) is 11.3. The number of nitrogens with zero attached hydrogens (tertiary/aromatic N) is 3. The molecule has 0 spiro atoms. The van der Waals surface area contributed by atoms with E-state index in [-0.39, 0.29) is 5.69 Å². The van der Waals surface area contributed by atoms with Crippen molar-refractivity contribution in [3.8, 4) is 12.1 Å². The number of nitrogens with one attached hydrogen (secondary N) is 1. The van der Waals surface area contributed by atoms with Crippen LogP contribution in [-0.2, 0) is 0 Å². The Morgan fingerprint density at radius 2 is 1.75 bits per heavy atom. The van der Waals surface area contributed by atoms with Gasteiger partial charge in [-0.2, -0.15) is 10.5 Å². The SMILES string of the molecule is CN(C)CCCNc1c(F)c(N)c(C#N)c(F)c1C#N. The zero-order chi connectivity index (χ0) is 15.3. The molecule has 0 saturated heterocycles. The maximum absolute atomic E-state index is 14.0. The molecule has 20 heavy (non-hydrogen) atoms. The summed E-state index contributed by atoms with van der Waals surface area (Å²) in [6.07, 6.45) is 0.679. The molecular formula is C13H15F2N5. The molecule has 0 atom stereocenters. The van der Waals surface area contributed by atoms with Gasteiger partial charge in [-0.05, 0) is 27.1 Å². The Morgan fingerprint density at radius 3 is 2.25 bits per heavy atom. The average Bonchev–Trinajstić information content (AvgIpc) is 2.40. The Balaban J connectivity index is 3.08. The Bertz CT molecular complexity index is 584. The van der Waals surface area contributed by atoms with E-state index >= 15 is 0 Å². The predicted octanol–water partition coefficient (Wildman–Crippen LogP) is 1.65. The van der Waals surface area contributed by atoms with Gasteiger partial charge >= 0.3 is 0 Å². The van der Waals surface area contributed by atoms with Crippen molar-refractivity contribution in [1.29, 1.82) is 10.5 Å². The number of halogens is 2. The lowest BCUT2D eigenvalue weighted by atomic mass is 10.1. The summed E-state index contributed by atoms with van der Waals surface area (Å²) in [6, 6.07) is 3.02. The van der Waals surface area contributed by atoms with E-state index in [2.05, 4.69) is 5.32 Å². The van der Waals surface area contributed by atoms with Crippen LogP contribution < -0.4 is 11.1 Å². The minimum atomic E-state index is -1.09. The first kappa shape index (κ1) is 15.7. The van der Waals surface area contributed by atoms with Crippen molar-refractivity contribution >= 4 is 11.4 Å². The van der Waals surface area contributed by atoms with Gasteiger partial charge in [-0.1, -0.05) is 0 Å². The molecule has 0 saturated carbocycles. The van der Waals surface area contributed by atoms with E-state index in [0.29, 0.717) is 13.0 Å². The summed E-state index contributed by atoms with van der Waals surface area (Å²) in [4.78, 5) is 1.94. The molecule has 0 bridgehead atoms. The van der Waals surface area contributed by atoms with E-state index < -0.39 is 28.4 Å². The van der Waals surface area contributed by atoms with Crippen molar-refractivity contribution in [3.63, 3.8) is 0 Å². The first-order valence-corrected chi connectivity index (χ1v) is 5.93. The Hall–Kier alpha value is -2.38. The summed E-state index contributed by atoms with van der Waals surface area (Å²) >= 11 is 0. The lowest BCUT2D eigenvalue weighted by Gasteiger charge is -2.14. The quantitative estimate of drug-likeness (QED) is 0.632. The van der Waals surface area contributed by atoms with E-state index in [0.717, 1.165) is 6.54 Å². The van der Waals surface area contributed by atoms with E-state index in [1.807, 2.05) is 19.0 Å². The van der Waals surface area contributed by atoms with Gasteiger partial charge in [0.1, 0.15) is 23.3 Å². The number of nitriles is 2. The maximum atomic E-state index is 14.0. The molecular weight excluding hydrogens is 264 g/mol. The third kappa shape index (κ3) is 3.14. The van der Waals surface area contributed by atoms with Gasteiger partial charge in [-0.3, -0.25) is 0 Å². The van der Waals surface area contributed by atoms with Crippen LogP contribution in [-0.4, -0.2) is 32.1 Å². The van der Waals surface area contributed by atoms with Crippen molar-refractivity contribution in [1.82, 2.24) is 4.90 Å². The Morgan fingerprint density at radius 1 is 1.15 bits per heavy atom. The van der Waals surface area contributed by atoms with Crippen LogP contribution in [0.4, 0.5) is 20.2 Å². The van der Waals surface area contributed by atoms with Crippen LogP contribution in [0.25, 0.3) is 0 Å². The third-order valence-corrected chi connectivity index (χ3v) is 2.72. The van der Waals surface area contributed by atoms with E-state index in [1.165, 1.54) is 6.07 Å². The summed E-state index contributed by atoms with van der Waals surface area (Å²) in [5, 5.41) is 20.3. The van der Waals surface area contributed by atoms with Crippen LogP contribution in [0.1, 0.15) is 17.5 Å².